The van der Waals surface area contributed by atoms with Crippen molar-refractivity contribution in [3.05, 3.63) is 29.8 Å². The number of carbonyl (C=O) groups is 2. The van der Waals surface area contributed by atoms with Crippen molar-refractivity contribution in [2.45, 2.75) is 226 Å². The molecule has 1 rings (SSSR count). The lowest BCUT2D eigenvalue weighted by atomic mass is 10.1. The van der Waals surface area contributed by atoms with Crippen LogP contribution in [0.15, 0.2) is 24.3 Å². The highest BCUT2D eigenvalue weighted by atomic mass is 16.5. The van der Waals surface area contributed by atoms with Crippen LogP contribution in [-0.4, -0.2) is 36.9 Å². The van der Waals surface area contributed by atoms with Gasteiger partial charge in [0.25, 0.3) is 0 Å². The van der Waals surface area contributed by atoms with Crippen molar-refractivity contribution in [3.8, 4) is 17.2 Å². The molecule has 0 bridgehead atoms. The first kappa shape index (κ1) is 50.3. The molecule has 0 unspecified atom stereocenters. The maximum absolute atomic E-state index is 12.4. The maximum atomic E-state index is 12.4. The van der Waals surface area contributed by atoms with Crippen LogP contribution in [0.25, 0.3) is 0 Å². The van der Waals surface area contributed by atoms with Crippen molar-refractivity contribution in [1.82, 2.24) is 0 Å². The van der Waals surface area contributed by atoms with Crippen molar-refractivity contribution < 1.29 is 33.6 Å². The summed E-state index contributed by atoms with van der Waals surface area (Å²) in [5.74, 6) is 0.0269. The molecule has 0 heterocycles. The van der Waals surface area contributed by atoms with Gasteiger partial charge >= 0.3 is 11.9 Å². The summed E-state index contributed by atoms with van der Waals surface area (Å²) in [6.45, 7) is 12.0. The second-order valence-electron chi connectivity index (χ2n) is 15.8. The Labute approximate surface area is 338 Å². The lowest BCUT2D eigenvalue weighted by Gasteiger charge is -2.19. The predicted octanol–water partition coefficient (Wildman–Crippen LogP) is 14.7. The molecule has 1 aromatic rings. The van der Waals surface area contributed by atoms with Gasteiger partial charge in [0.15, 0.2) is 11.5 Å². The Morgan fingerprint density at radius 3 is 1.13 bits per heavy atom. The minimum Gasteiger partial charge on any atom is -0.490 e. The van der Waals surface area contributed by atoms with E-state index in [1.54, 1.807) is 0 Å². The van der Waals surface area contributed by atoms with E-state index in [4.69, 9.17) is 24.1 Å². The minimum atomic E-state index is -1.20. The zero-order chi connectivity index (χ0) is 40.0. The van der Waals surface area contributed by atoms with Crippen LogP contribution in [0, 0.1) is 0 Å². The van der Waals surface area contributed by atoms with Crippen molar-refractivity contribution in [2.75, 3.05) is 19.8 Å². The molecule has 1 aromatic carbocycles. The fourth-order valence-corrected chi connectivity index (χ4v) is 6.84. The Morgan fingerprint density at radius 2 is 0.800 bits per heavy atom. The number of benzene rings is 1. The summed E-state index contributed by atoms with van der Waals surface area (Å²) in [4.78, 5) is 23.6. The van der Waals surface area contributed by atoms with Crippen LogP contribution in [0.4, 0.5) is 0 Å². The summed E-state index contributed by atoms with van der Waals surface area (Å²) < 4.78 is 24.8. The molecular weight excluding hydrogens is 689 g/mol. The van der Waals surface area contributed by atoms with Gasteiger partial charge in [-0.05, 0) is 37.0 Å². The van der Waals surface area contributed by atoms with Gasteiger partial charge in [0, 0.05) is 5.57 Å². The van der Waals surface area contributed by atoms with Crippen molar-refractivity contribution in [2.24, 2.45) is 0 Å². The summed E-state index contributed by atoms with van der Waals surface area (Å²) >= 11 is 0. The average molecular weight is 773 g/mol. The van der Waals surface area contributed by atoms with Gasteiger partial charge in [0.1, 0.15) is 6.61 Å². The van der Waals surface area contributed by atoms with E-state index in [9.17, 15) is 9.59 Å². The molecule has 0 saturated heterocycles. The molecule has 0 saturated carbocycles. The van der Waals surface area contributed by atoms with Crippen molar-refractivity contribution >= 4 is 11.9 Å². The summed E-state index contributed by atoms with van der Waals surface area (Å²) in [6, 6.07) is 3.77. The van der Waals surface area contributed by atoms with Crippen molar-refractivity contribution in [3.63, 3.8) is 0 Å². The van der Waals surface area contributed by atoms with Gasteiger partial charge in [-0.3, -0.25) is 4.79 Å². The zero-order valence-corrected chi connectivity index (χ0v) is 36.0. The predicted molar refractivity (Wildman–Crippen MR) is 230 cm³/mol. The molecular formula is C48H84O7. The summed E-state index contributed by atoms with van der Waals surface area (Å²) in [5.41, 5.74) is 0.526. The highest BCUT2D eigenvalue weighted by Gasteiger charge is 2.18. The lowest BCUT2D eigenvalue weighted by molar-refractivity contribution is -0.145. The molecule has 0 spiro atoms. The summed E-state index contributed by atoms with van der Waals surface area (Å²) in [5, 5.41) is 9.15. The van der Waals surface area contributed by atoms with E-state index in [1.165, 1.54) is 154 Å². The van der Waals surface area contributed by atoms with Gasteiger partial charge in [0.05, 0.1) is 26.2 Å². The normalized spacial score (nSPS) is 11.1. The van der Waals surface area contributed by atoms with Crippen LogP contribution < -0.4 is 14.2 Å². The van der Waals surface area contributed by atoms with E-state index >= 15 is 0 Å². The third kappa shape index (κ3) is 29.2. The van der Waals surface area contributed by atoms with Crippen LogP contribution in [-0.2, 0) is 20.9 Å². The van der Waals surface area contributed by atoms with Gasteiger partial charge in [-0.15, -0.1) is 0 Å². The van der Waals surface area contributed by atoms with Crippen LogP contribution >= 0.6 is 0 Å². The Kier molecular flexibility index (Phi) is 33.8. The molecule has 0 fully saturated rings. The van der Waals surface area contributed by atoms with E-state index in [0.29, 0.717) is 37.1 Å². The number of unbranched alkanes of at least 4 members (excludes halogenated alkanes) is 27. The quantitative estimate of drug-likeness (QED) is 0.0402. The van der Waals surface area contributed by atoms with Crippen LogP contribution in [0.1, 0.15) is 225 Å². The lowest BCUT2D eigenvalue weighted by Crippen LogP contribution is -2.11. The molecule has 1 N–H and O–H groups in total. The maximum Gasteiger partial charge on any atom is 0.331 e. The minimum absolute atomic E-state index is 0.0201. The molecule has 0 aliphatic rings. The van der Waals surface area contributed by atoms with Gasteiger partial charge < -0.3 is 24.1 Å². The fourth-order valence-electron chi connectivity index (χ4n) is 6.84. The highest BCUT2D eigenvalue weighted by Crippen LogP contribution is 2.40. The Bertz CT molecular complexity index is 1040. The molecule has 0 amide bonds. The van der Waals surface area contributed by atoms with Gasteiger partial charge in [0.2, 0.25) is 5.75 Å². The Morgan fingerprint density at radius 1 is 0.491 bits per heavy atom. The highest BCUT2D eigenvalue weighted by molar-refractivity contribution is 5.91. The molecule has 0 aliphatic heterocycles. The fraction of sp³-hybridized carbons (Fsp3) is 0.792. The van der Waals surface area contributed by atoms with Gasteiger partial charge in [-0.1, -0.05) is 201 Å². The third-order valence-corrected chi connectivity index (χ3v) is 10.4. The SMILES string of the molecule is C=C(CC(=O)OCc1cc(OCCCCCCCCCCCC)c(OCCCCCCCCCCCC)c(OCCCCCCCCCCCC)c1)C(=O)O. The number of hydrogen-bond donors (Lipinski definition) is 1. The molecule has 7 nitrogen and oxygen atoms in total. The van der Waals surface area contributed by atoms with E-state index in [1.807, 2.05) is 12.1 Å². The largest absolute Gasteiger partial charge is 0.490 e. The second-order valence-corrected chi connectivity index (χ2v) is 15.8. The molecule has 0 atom stereocenters. The van der Waals surface area contributed by atoms with E-state index in [-0.39, 0.29) is 18.6 Å². The van der Waals surface area contributed by atoms with Crippen LogP contribution in [0.3, 0.4) is 0 Å². The second kappa shape index (κ2) is 36.9. The molecule has 318 valence electrons. The van der Waals surface area contributed by atoms with Crippen LogP contribution in [0.5, 0.6) is 17.2 Å². The molecule has 0 aromatic heterocycles. The molecule has 0 aliphatic carbocycles. The number of hydrogen-bond acceptors (Lipinski definition) is 6. The number of carboxylic acids is 1. The molecule has 7 heteroatoms. The summed E-state index contributed by atoms with van der Waals surface area (Å²) in [6.07, 6.45) is 37.3. The van der Waals surface area contributed by atoms with Crippen molar-refractivity contribution in [1.29, 1.82) is 0 Å². The zero-order valence-electron chi connectivity index (χ0n) is 36.0. The van der Waals surface area contributed by atoms with Gasteiger partial charge in [-0.2, -0.15) is 0 Å². The summed E-state index contributed by atoms with van der Waals surface area (Å²) in [7, 11) is 0. The first-order valence-corrected chi connectivity index (χ1v) is 23.0. The first-order valence-electron chi connectivity index (χ1n) is 23.0. The van der Waals surface area contributed by atoms with E-state index in [0.717, 1.165) is 44.1 Å². The standard InChI is InChI=1S/C48H84O7/c1-5-8-11-14-17-20-23-26-29-32-35-52-44-39-43(41-55-46(49)38-42(4)48(50)51)40-45(53-36-33-30-27-24-21-18-15-12-9-6-2)47(44)54-37-34-31-28-25-22-19-16-13-10-7-3/h39-40H,4-38,41H2,1-3H3,(H,50,51). The molecule has 55 heavy (non-hydrogen) atoms. The first-order chi connectivity index (χ1) is 26.9. The average Bonchev–Trinajstić information content (AvgIpc) is 3.17. The topological polar surface area (TPSA) is 91.3 Å². The van der Waals surface area contributed by atoms with Crippen LogP contribution in [0.2, 0.25) is 0 Å². The number of aliphatic carboxylic acids is 1. The number of rotatable bonds is 41. The number of ether oxygens (including phenoxy) is 4. The number of carboxylic acid groups (broad SMARTS) is 1. The van der Waals surface area contributed by atoms with E-state index < -0.39 is 11.9 Å². The smallest absolute Gasteiger partial charge is 0.331 e. The van der Waals surface area contributed by atoms with Gasteiger partial charge in [-0.25, -0.2) is 4.79 Å². The Balaban J connectivity index is 2.88. The Hall–Kier alpha value is -2.70. The molecule has 0 radical (unpaired) electrons. The number of carbonyl (C=O) groups excluding carboxylic acids is 1. The monoisotopic (exact) mass is 773 g/mol. The van der Waals surface area contributed by atoms with E-state index in [2.05, 4.69) is 27.4 Å². The number of esters is 1. The third-order valence-electron chi connectivity index (χ3n) is 10.4.